The van der Waals surface area contributed by atoms with E-state index in [-0.39, 0.29) is 34.3 Å². The van der Waals surface area contributed by atoms with Gasteiger partial charge in [-0.05, 0) is 48.0 Å². The van der Waals surface area contributed by atoms with Crippen LogP contribution in [0.4, 0.5) is 0 Å². The predicted octanol–water partition coefficient (Wildman–Crippen LogP) is 7.16. The monoisotopic (exact) mass is 553 g/mol. The summed E-state index contributed by atoms with van der Waals surface area (Å²) in [5.74, 6) is -0.0481. The molecule has 4 rings (SSSR count). The molecule has 182 valence electrons. The second-order valence-corrected chi connectivity index (χ2v) is 10.6. The quantitative estimate of drug-likeness (QED) is 0.297. The van der Waals surface area contributed by atoms with Gasteiger partial charge in [0.2, 0.25) is 6.35 Å². The summed E-state index contributed by atoms with van der Waals surface area (Å²) in [6, 6.07) is 16.6. The summed E-state index contributed by atoms with van der Waals surface area (Å²) < 4.78 is 35.4. The minimum atomic E-state index is -3.63. The molecule has 0 spiro atoms. The number of benzene rings is 3. The maximum absolute atomic E-state index is 13.1. The van der Waals surface area contributed by atoms with Gasteiger partial charge in [-0.1, -0.05) is 59.1 Å². The second kappa shape index (κ2) is 10.9. The molecule has 3 aromatic carbocycles. The number of nitrogens with two attached hydrogens (primary N) is 1. The topological polar surface area (TPSA) is 97.1 Å². The first kappa shape index (κ1) is 25.4. The zero-order chi connectivity index (χ0) is 25.0. The number of carbonyl (C=O) groups excluding carboxylic acids is 1. The molecule has 2 N–H and O–H groups in total. The molecule has 1 aliphatic heterocycles. The van der Waals surface area contributed by atoms with Crippen LogP contribution in [0.15, 0.2) is 73.0 Å². The van der Waals surface area contributed by atoms with E-state index in [9.17, 15) is 9.36 Å². The molecule has 2 atom stereocenters. The van der Waals surface area contributed by atoms with Gasteiger partial charge < -0.3 is 19.7 Å². The third-order valence-electron chi connectivity index (χ3n) is 4.95. The summed E-state index contributed by atoms with van der Waals surface area (Å²) in [4.78, 5) is 11.6. The number of amides is 1. The van der Waals surface area contributed by atoms with Crippen LogP contribution in [0.25, 0.3) is 0 Å². The zero-order valence-corrected chi connectivity index (χ0v) is 21.2. The molecule has 0 aromatic heterocycles. The Hall–Kier alpha value is -2.67. The lowest BCUT2D eigenvalue weighted by Gasteiger charge is -2.26. The molecule has 0 radical (unpaired) electrons. The highest BCUT2D eigenvalue weighted by Crippen LogP contribution is 2.55. The SMILES string of the molecule is NC(=O)c1ccccc1OCc1c(Cl)cc(OC[P@@]2(=O)OC=C[C@@H](c3cccc(Cl)c3)O2)cc1Cl. The van der Waals surface area contributed by atoms with Crippen molar-refractivity contribution < 1.29 is 27.9 Å². The van der Waals surface area contributed by atoms with Crippen LogP contribution in [0.1, 0.15) is 27.6 Å². The highest BCUT2D eigenvalue weighted by Gasteiger charge is 2.33. The van der Waals surface area contributed by atoms with Crippen LogP contribution in [0, 0.1) is 0 Å². The molecule has 0 fully saturated rings. The van der Waals surface area contributed by atoms with Crippen LogP contribution in [0.5, 0.6) is 11.5 Å². The summed E-state index contributed by atoms with van der Waals surface area (Å²) in [6.45, 7) is -0.0148. The Morgan fingerprint density at radius 2 is 1.74 bits per heavy atom. The fourth-order valence-corrected chi connectivity index (χ4v) is 5.30. The van der Waals surface area contributed by atoms with Crippen molar-refractivity contribution in [2.24, 2.45) is 5.73 Å². The van der Waals surface area contributed by atoms with Crippen molar-refractivity contribution in [1.82, 2.24) is 0 Å². The molecule has 1 aliphatic rings. The lowest BCUT2D eigenvalue weighted by molar-refractivity contribution is 0.0996. The maximum Gasteiger partial charge on any atom is 0.416 e. The summed E-state index contributed by atoms with van der Waals surface area (Å²) >= 11 is 18.8. The van der Waals surface area contributed by atoms with Gasteiger partial charge in [0, 0.05) is 10.6 Å². The average Bonchev–Trinajstić information content (AvgIpc) is 2.82. The first-order valence-electron chi connectivity index (χ1n) is 10.2. The molecular weight excluding hydrogens is 536 g/mol. The van der Waals surface area contributed by atoms with Gasteiger partial charge >= 0.3 is 7.60 Å². The van der Waals surface area contributed by atoms with Crippen LogP contribution in [-0.2, 0) is 20.2 Å². The normalized spacial score (nSPS) is 19.1. The molecule has 35 heavy (non-hydrogen) atoms. The first-order chi connectivity index (χ1) is 16.7. The standard InChI is InChI=1S/C24H19Cl3NO6P/c25-16-5-3-4-15(10-16)22-8-9-33-35(30,34-22)14-32-17-11-20(26)19(21(27)12-17)13-31-23-7-2-1-6-18(23)24(28)29/h1-12,22H,13-14H2,(H2,28,29)/t22-,35+/m0/s1. The van der Waals surface area contributed by atoms with Crippen molar-refractivity contribution in [1.29, 1.82) is 0 Å². The highest BCUT2D eigenvalue weighted by atomic mass is 35.5. The summed E-state index contributed by atoms with van der Waals surface area (Å²) in [6.07, 6.45) is 1.97. The number of carbonyl (C=O) groups is 1. The lowest BCUT2D eigenvalue weighted by Crippen LogP contribution is -2.13. The molecule has 7 nitrogen and oxygen atoms in total. The number of primary amides is 1. The van der Waals surface area contributed by atoms with E-state index in [1.165, 1.54) is 18.4 Å². The van der Waals surface area contributed by atoms with E-state index in [0.717, 1.165) is 5.56 Å². The van der Waals surface area contributed by atoms with Crippen molar-refractivity contribution in [3.8, 4) is 11.5 Å². The van der Waals surface area contributed by atoms with Crippen molar-refractivity contribution in [3.05, 3.63) is 105 Å². The van der Waals surface area contributed by atoms with Gasteiger partial charge in [0.15, 0.2) is 0 Å². The number of rotatable bonds is 8. The Morgan fingerprint density at radius 1 is 1.00 bits per heavy atom. The highest BCUT2D eigenvalue weighted by molar-refractivity contribution is 7.53. The molecule has 0 saturated heterocycles. The Balaban J connectivity index is 1.42. The molecule has 3 aromatic rings. The second-order valence-electron chi connectivity index (χ2n) is 7.41. The fourth-order valence-electron chi connectivity index (χ4n) is 3.25. The van der Waals surface area contributed by atoms with Crippen LogP contribution < -0.4 is 15.2 Å². The van der Waals surface area contributed by atoms with Gasteiger partial charge in [-0.3, -0.25) is 9.32 Å². The van der Waals surface area contributed by atoms with Crippen molar-refractivity contribution >= 4 is 48.3 Å². The van der Waals surface area contributed by atoms with Gasteiger partial charge in [0.25, 0.3) is 5.91 Å². The Bertz CT molecular complexity index is 1310. The van der Waals surface area contributed by atoms with Crippen LogP contribution >= 0.6 is 42.4 Å². The van der Waals surface area contributed by atoms with E-state index in [0.29, 0.717) is 16.3 Å². The van der Waals surface area contributed by atoms with E-state index in [1.54, 1.807) is 54.6 Å². The first-order valence-corrected chi connectivity index (χ1v) is 13.1. The summed E-state index contributed by atoms with van der Waals surface area (Å²) in [5.41, 5.74) is 6.81. The molecular formula is C24H19Cl3NO6P. The van der Waals surface area contributed by atoms with Gasteiger partial charge in [-0.25, -0.2) is 4.57 Å². The molecule has 1 heterocycles. The van der Waals surface area contributed by atoms with E-state index in [2.05, 4.69) is 0 Å². The molecule has 1 amide bonds. The Kier molecular flexibility index (Phi) is 7.95. The van der Waals surface area contributed by atoms with Gasteiger partial charge in [0.1, 0.15) is 24.2 Å². The average molecular weight is 555 g/mol. The van der Waals surface area contributed by atoms with E-state index in [4.69, 9.17) is 59.1 Å². The molecule has 0 aliphatic carbocycles. The summed E-state index contributed by atoms with van der Waals surface area (Å²) in [7, 11) is -3.63. The lowest BCUT2D eigenvalue weighted by atomic mass is 10.1. The molecule has 0 saturated carbocycles. The Labute approximate surface area is 216 Å². The predicted molar refractivity (Wildman–Crippen MR) is 134 cm³/mol. The maximum atomic E-state index is 13.1. The van der Waals surface area contributed by atoms with Gasteiger partial charge in [-0.15, -0.1) is 0 Å². The van der Waals surface area contributed by atoms with E-state index in [1.807, 2.05) is 0 Å². The van der Waals surface area contributed by atoms with E-state index < -0.39 is 19.6 Å². The van der Waals surface area contributed by atoms with Crippen LogP contribution in [0.3, 0.4) is 0 Å². The fraction of sp³-hybridized carbons (Fsp3) is 0.125. The number of para-hydroxylation sites is 1. The van der Waals surface area contributed by atoms with Crippen LogP contribution in [0.2, 0.25) is 15.1 Å². The van der Waals surface area contributed by atoms with Gasteiger partial charge in [0.05, 0.1) is 21.9 Å². The van der Waals surface area contributed by atoms with Gasteiger partial charge in [-0.2, -0.15) is 0 Å². The number of hydrogen-bond donors (Lipinski definition) is 1. The number of ether oxygens (including phenoxy) is 2. The van der Waals surface area contributed by atoms with E-state index >= 15 is 0 Å². The zero-order valence-electron chi connectivity index (χ0n) is 18.0. The minimum absolute atomic E-state index is 0.0148. The Morgan fingerprint density at radius 3 is 2.46 bits per heavy atom. The summed E-state index contributed by atoms with van der Waals surface area (Å²) in [5, 5.41) is 1.04. The number of hydrogen-bond acceptors (Lipinski definition) is 6. The smallest absolute Gasteiger partial charge is 0.416 e. The van der Waals surface area contributed by atoms with Crippen molar-refractivity contribution in [3.63, 3.8) is 0 Å². The minimum Gasteiger partial charge on any atom is -0.488 e. The van der Waals surface area contributed by atoms with Crippen molar-refractivity contribution in [2.45, 2.75) is 12.7 Å². The molecule has 0 bridgehead atoms. The molecule has 0 unspecified atom stereocenters. The molecule has 11 heteroatoms. The van der Waals surface area contributed by atoms with Crippen molar-refractivity contribution in [2.75, 3.05) is 6.35 Å². The largest absolute Gasteiger partial charge is 0.488 e. The third kappa shape index (κ3) is 6.31. The number of halogens is 3. The van der Waals surface area contributed by atoms with Crippen LogP contribution in [-0.4, -0.2) is 12.3 Å². The third-order valence-corrected chi connectivity index (χ3v) is 7.30.